The number of carbonyl (C=O) groups is 1. The minimum atomic E-state index is -0.0985. The number of aryl methyl sites for hydroxylation is 1. The molecule has 1 aliphatic heterocycles. The van der Waals surface area contributed by atoms with Crippen molar-refractivity contribution in [2.75, 3.05) is 12.4 Å². The van der Waals surface area contributed by atoms with Crippen molar-refractivity contribution in [3.8, 4) is 0 Å². The average Bonchev–Trinajstić information content (AvgIpc) is 2.54. The fourth-order valence-corrected chi connectivity index (χ4v) is 3.20. The van der Waals surface area contributed by atoms with Crippen LogP contribution in [0.25, 0.3) is 5.70 Å². The molecule has 132 valence electrons. The molecule has 0 bridgehead atoms. The van der Waals surface area contributed by atoms with Crippen LogP contribution in [-0.4, -0.2) is 23.4 Å². The summed E-state index contributed by atoms with van der Waals surface area (Å²) in [6.07, 6.45) is 2.68. The Morgan fingerprint density at radius 3 is 2.48 bits per heavy atom. The van der Waals surface area contributed by atoms with E-state index in [0.29, 0.717) is 0 Å². The average molecular weight is 357 g/mol. The molecule has 1 aliphatic rings. The van der Waals surface area contributed by atoms with Crippen LogP contribution in [0.4, 0.5) is 5.69 Å². The summed E-state index contributed by atoms with van der Waals surface area (Å²) in [5.74, 6) is -0.0985. The van der Waals surface area contributed by atoms with Crippen LogP contribution in [0.5, 0.6) is 0 Å². The molecule has 0 unspecified atom stereocenters. The molecular formula is C21H25ClN2O. The van der Waals surface area contributed by atoms with Crippen molar-refractivity contribution in [3.63, 3.8) is 0 Å². The van der Waals surface area contributed by atoms with E-state index in [1.165, 1.54) is 5.56 Å². The Kier molecular flexibility index (Phi) is 5.58. The van der Waals surface area contributed by atoms with Gasteiger partial charge in [0, 0.05) is 35.6 Å². The van der Waals surface area contributed by atoms with Gasteiger partial charge in [-0.05, 0) is 44.4 Å². The number of halogens is 1. The Morgan fingerprint density at radius 2 is 1.76 bits per heavy atom. The topological polar surface area (TPSA) is 32.3 Å². The largest absolute Gasteiger partial charge is 0.368 e. The summed E-state index contributed by atoms with van der Waals surface area (Å²) in [7, 11) is 2.06. The zero-order valence-corrected chi connectivity index (χ0v) is 16.0. The van der Waals surface area contributed by atoms with E-state index in [2.05, 4.69) is 49.3 Å². The molecule has 25 heavy (non-hydrogen) atoms. The highest BCUT2D eigenvalue weighted by atomic mass is 35.5. The van der Waals surface area contributed by atoms with Gasteiger partial charge in [0.2, 0.25) is 5.91 Å². The molecule has 1 amide bonds. The van der Waals surface area contributed by atoms with E-state index in [0.717, 1.165) is 28.9 Å². The Labute approximate surface area is 156 Å². The zero-order chi connectivity index (χ0) is 17.3. The van der Waals surface area contributed by atoms with Gasteiger partial charge in [0.1, 0.15) is 0 Å². The van der Waals surface area contributed by atoms with E-state index in [1.807, 2.05) is 37.3 Å². The second kappa shape index (κ2) is 7.32. The van der Waals surface area contributed by atoms with Crippen molar-refractivity contribution in [3.05, 3.63) is 71.3 Å². The first kappa shape index (κ1) is 19.1. The van der Waals surface area contributed by atoms with Crippen molar-refractivity contribution in [1.29, 1.82) is 0 Å². The molecule has 0 saturated carbocycles. The Morgan fingerprint density at radius 1 is 1.12 bits per heavy atom. The number of likely N-dealkylation sites (N-methyl/N-ethyl adjacent to an activating group) is 1. The third-order valence-corrected chi connectivity index (χ3v) is 4.86. The maximum atomic E-state index is 12.6. The SMILES string of the molecule is Cc1ccccc1NC(=O)C=C1c2ccccc2CC(C)(C)N1C.Cl. The highest BCUT2D eigenvalue weighted by Crippen LogP contribution is 2.36. The number of hydrogen-bond donors (Lipinski definition) is 1. The third-order valence-electron chi connectivity index (χ3n) is 4.86. The quantitative estimate of drug-likeness (QED) is 0.793. The van der Waals surface area contributed by atoms with Crippen molar-refractivity contribution < 1.29 is 4.79 Å². The van der Waals surface area contributed by atoms with Gasteiger partial charge >= 0.3 is 0 Å². The van der Waals surface area contributed by atoms with Crippen LogP contribution in [-0.2, 0) is 11.2 Å². The van der Waals surface area contributed by atoms with Crippen LogP contribution in [0.15, 0.2) is 54.6 Å². The lowest BCUT2D eigenvalue weighted by Gasteiger charge is -2.44. The molecule has 3 rings (SSSR count). The van der Waals surface area contributed by atoms with Gasteiger partial charge in [-0.2, -0.15) is 0 Å². The monoisotopic (exact) mass is 356 g/mol. The van der Waals surface area contributed by atoms with Crippen LogP contribution in [0.2, 0.25) is 0 Å². The van der Waals surface area contributed by atoms with Crippen LogP contribution < -0.4 is 5.32 Å². The van der Waals surface area contributed by atoms with Gasteiger partial charge in [0.15, 0.2) is 0 Å². The fraction of sp³-hybridized carbons (Fsp3) is 0.286. The Hall–Kier alpha value is -2.26. The minimum Gasteiger partial charge on any atom is -0.368 e. The summed E-state index contributed by atoms with van der Waals surface area (Å²) in [5, 5.41) is 2.99. The summed E-state index contributed by atoms with van der Waals surface area (Å²) in [6.45, 7) is 6.40. The normalized spacial score (nSPS) is 16.8. The number of fused-ring (bicyclic) bond motifs is 1. The molecule has 1 N–H and O–H groups in total. The van der Waals surface area contributed by atoms with Gasteiger partial charge in [-0.1, -0.05) is 42.5 Å². The number of para-hydroxylation sites is 1. The van der Waals surface area contributed by atoms with Crippen LogP contribution >= 0.6 is 12.4 Å². The van der Waals surface area contributed by atoms with Gasteiger partial charge in [-0.15, -0.1) is 12.4 Å². The third kappa shape index (κ3) is 3.88. The highest BCUT2D eigenvalue weighted by Gasteiger charge is 2.33. The van der Waals surface area contributed by atoms with Crippen molar-refractivity contribution in [2.45, 2.75) is 32.7 Å². The lowest BCUT2D eigenvalue weighted by Crippen LogP contribution is -2.45. The van der Waals surface area contributed by atoms with Gasteiger partial charge in [0.05, 0.1) is 0 Å². The Balaban J connectivity index is 0.00000225. The minimum absolute atomic E-state index is 0. The molecule has 0 saturated heterocycles. The zero-order valence-electron chi connectivity index (χ0n) is 15.2. The smallest absolute Gasteiger partial charge is 0.250 e. The lowest BCUT2D eigenvalue weighted by molar-refractivity contribution is -0.111. The summed E-state index contributed by atoms with van der Waals surface area (Å²) >= 11 is 0. The van der Waals surface area contributed by atoms with Crippen LogP contribution in [0.1, 0.15) is 30.5 Å². The Bertz CT molecular complexity index is 811. The lowest BCUT2D eigenvalue weighted by atomic mass is 9.84. The molecule has 0 aromatic heterocycles. The fourth-order valence-electron chi connectivity index (χ4n) is 3.20. The van der Waals surface area contributed by atoms with Gasteiger partial charge < -0.3 is 10.2 Å². The van der Waals surface area contributed by atoms with E-state index >= 15 is 0 Å². The molecule has 1 heterocycles. The predicted octanol–water partition coefficient (Wildman–Crippen LogP) is 4.66. The maximum absolute atomic E-state index is 12.6. The second-order valence-electron chi connectivity index (χ2n) is 7.04. The molecule has 0 atom stereocenters. The first-order valence-electron chi connectivity index (χ1n) is 8.29. The number of carbonyl (C=O) groups excluding carboxylic acids is 1. The van der Waals surface area contributed by atoms with Crippen molar-refractivity contribution in [2.24, 2.45) is 0 Å². The van der Waals surface area contributed by atoms with E-state index < -0.39 is 0 Å². The van der Waals surface area contributed by atoms with E-state index in [4.69, 9.17) is 0 Å². The second-order valence-corrected chi connectivity index (χ2v) is 7.04. The molecule has 2 aromatic rings. The highest BCUT2D eigenvalue weighted by molar-refractivity contribution is 6.04. The summed E-state index contributed by atoms with van der Waals surface area (Å²) in [6, 6.07) is 16.1. The number of benzene rings is 2. The van der Waals surface area contributed by atoms with Crippen LogP contribution in [0.3, 0.4) is 0 Å². The molecule has 2 aromatic carbocycles. The molecule has 0 fully saturated rings. The molecule has 0 spiro atoms. The van der Waals surface area contributed by atoms with Gasteiger partial charge in [-0.25, -0.2) is 0 Å². The number of hydrogen-bond acceptors (Lipinski definition) is 2. The summed E-state index contributed by atoms with van der Waals surface area (Å²) in [5.41, 5.74) is 5.28. The standard InChI is InChI=1S/C21H24N2O.ClH/c1-15-9-5-8-12-18(15)22-20(24)13-19-17-11-7-6-10-16(17)14-21(2,3)23(19)4;/h5-13H,14H2,1-4H3,(H,22,24);1H. The summed E-state index contributed by atoms with van der Waals surface area (Å²) in [4.78, 5) is 14.8. The maximum Gasteiger partial charge on any atom is 0.250 e. The molecule has 0 aliphatic carbocycles. The predicted molar refractivity (Wildman–Crippen MR) is 107 cm³/mol. The van der Waals surface area contributed by atoms with Crippen molar-refractivity contribution in [1.82, 2.24) is 4.90 Å². The van der Waals surface area contributed by atoms with E-state index in [9.17, 15) is 4.79 Å². The number of nitrogens with zero attached hydrogens (tertiary/aromatic N) is 1. The molecule has 0 radical (unpaired) electrons. The van der Waals surface area contributed by atoms with Crippen LogP contribution in [0, 0.1) is 6.92 Å². The van der Waals surface area contributed by atoms with E-state index in [1.54, 1.807) is 6.08 Å². The van der Waals surface area contributed by atoms with Gasteiger partial charge in [0.25, 0.3) is 0 Å². The first-order valence-corrected chi connectivity index (χ1v) is 8.29. The first-order chi connectivity index (χ1) is 11.4. The van der Waals surface area contributed by atoms with Gasteiger partial charge in [-0.3, -0.25) is 4.79 Å². The molecular weight excluding hydrogens is 332 g/mol. The number of nitrogens with one attached hydrogen (secondary N) is 1. The van der Waals surface area contributed by atoms with E-state index in [-0.39, 0.29) is 23.9 Å². The number of amides is 1. The van der Waals surface area contributed by atoms with Crippen molar-refractivity contribution >= 4 is 29.7 Å². The molecule has 4 heteroatoms. The summed E-state index contributed by atoms with van der Waals surface area (Å²) < 4.78 is 0. The number of anilines is 1. The number of rotatable bonds is 2. The molecule has 3 nitrogen and oxygen atoms in total.